The topological polar surface area (TPSA) is 73.7 Å². The molecule has 12 heteroatoms. The minimum Gasteiger partial charge on any atom is -0.317 e. The summed E-state index contributed by atoms with van der Waals surface area (Å²) < 4.78 is 54.2. The van der Waals surface area contributed by atoms with E-state index in [1.54, 1.807) is 30.7 Å². The number of benzene rings is 1. The number of hydrazine groups is 1. The van der Waals surface area contributed by atoms with Gasteiger partial charge in [0.1, 0.15) is 11.5 Å². The van der Waals surface area contributed by atoms with Crippen molar-refractivity contribution in [2.75, 3.05) is 26.0 Å². The zero-order valence-electron chi connectivity index (χ0n) is 17.7. The minimum atomic E-state index is -4.88. The van der Waals surface area contributed by atoms with E-state index < -0.39 is 23.6 Å². The molecule has 1 aromatic heterocycles. The van der Waals surface area contributed by atoms with Crippen molar-refractivity contribution in [3.05, 3.63) is 46.5 Å². The number of nitrogens with zero attached hydrogens (tertiary/aromatic N) is 5. The highest BCUT2D eigenvalue weighted by molar-refractivity contribution is 5.95. The number of aromatic nitrogens is 2. The van der Waals surface area contributed by atoms with Gasteiger partial charge in [-0.3, -0.25) is 14.5 Å². The fraction of sp³-hybridized carbons (Fsp3) is 0.450. The number of anilines is 1. The molecule has 1 unspecified atom stereocenters. The van der Waals surface area contributed by atoms with E-state index in [1.165, 1.54) is 9.91 Å². The third kappa shape index (κ3) is 3.78. The van der Waals surface area contributed by atoms with E-state index in [-0.39, 0.29) is 24.2 Å². The molecule has 0 bridgehead atoms. The first-order chi connectivity index (χ1) is 15.0. The van der Waals surface area contributed by atoms with Crippen LogP contribution in [0.4, 0.5) is 28.0 Å². The lowest BCUT2D eigenvalue weighted by Gasteiger charge is -2.33. The van der Waals surface area contributed by atoms with Gasteiger partial charge in [0.25, 0.3) is 5.91 Å². The molecule has 3 amide bonds. The fourth-order valence-electron chi connectivity index (χ4n) is 3.98. The summed E-state index contributed by atoms with van der Waals surface area (Å²) in [5.41, 5.74) is 0.124. The fourth-order valence-corrected chi connectivity index (χ4v) is 3.98. The van der Waals surface area contributed by atoms with Gasteiger partial charge in [0.15, 0.2) is 0 Å². The Morgan fingerprint density at radius 1 is 1.22 bits per heavy atom. The van der Waals surface area contributed by atoms with Gasteiger partial charge in [0.05, 0.1) is 24.3 Å². The van der Waals surface area contributed by atoms with Crippen LogP contribution in [0.5, 0.6) is 0 Å². The van der Waals surface area contributed by atoms with Crippen molar-refractivity contribution >= 4 is 17.6 Å². The molecule has 32 heavy (non-hydrogen) atoms. The largest absolute Gasteiger partial charge is 0.419 e. The molecule has 8 nitrogen and oxygen atoms in total. The van der Waals surface area contributed by atoms with Gasteiger partial charge in [-0.05, 0) is 25.1 Å². The van der Waals surface area contributed by atoms with Crippen LogP contribution in [0.3, 0.4) is 0 Å². The maximum absolute atomic E-state index is 13.5. The quantitative estimate of drug-likeness (QED) is 0.673. The van der Waals surface area contributed by atoms with E-state index in [1.807, 2.05) is 0 Å². The van der Waals surface area contributed by atoms with E-state index in [0.29, 0.717) is 42.9 Å². The highest BCUT2D eigenvalue weighted by Gasteiger charge is 2.37. The molecule has 0 fully saturated rings. The number of amides is 3. The first-order valence-electron chi connectivity index (χ1n) is 9.99. The molecule has 0 spiro atoms. The molecule has 172 valence electrons. The molecule has 0 saturated heterocycles. The summed E-state index contributed by atoms with van der Waals surface area (Å²) in [5.74, 6) is -1.66. The van der Waals surface area contributed by atoms with Gasteiger partial charge >= 0.3 is 12.2 Å². The molecular formula is C20H22F4N6O2. The first kappa shape index (κ1) is 22.1. The lowest BCUT2D eigenvalue weighted by molar-refractivity contribution is -0.139. The number of hydrogen-bond donors (Lipinski definition) is 1. The Labute approximate surface area is 181 Å². The second-order valence-corrected chi connectivity index (χ2v) is 8.01. The van der Waals surface area contributed by atoms with Gasteiger partial charge in [-0.2, -0.15) is 18.3 Å². The number of halogens is 4. The van der Waals surface area contributed by atoms with E-state index in [0.717, 1.165) is 11.8 Å². The van der Waals surface area contributed by atoms with Crippen LogP contribution >= 0.6 is 0 Å². The average Bonchev–Trinajstić information content (AvgIpc) is 3.02. The van der Waals surface area contributed by atoms with E-state index in [4.69, 9.17) is 0 Å². The van der Waals surface area contributed by atoms with Crippen LogP contribution in [0.25, 0.3) is 0 Å². The molecule has 2 aromatic rings. The van der Waals surface area contributed by atoms with Crippen LogP contribution in [0.15, 0.2) is 18.2 Å². The van der Waals surface area contributed by atoms with Crippen molar-refractivity contribution in [1.29, 1.82) is 0 Å². The molecule has 2 aliphatic heterocycles. The van der Waals surface area contributed by atoms with Gasteiger partial charge in [0, 0.05) is 44.4 Å². The summed E-state index contributed by atoms with van der Waals surface area (Å²) in [6.07, 6.45) is -4.49. The van der Waals surface area contributed by atoms with Crippen molar-refractivity contribution in [3.63, 3.8) is 0 Å². The average molecular weight is 454 g/mol. The normalized spacial score (nSPS) is 19.5. The van der Waals surface area contributed by atoms with Gasteiger partial charge < -0.3 is 10.2 Å². The zero-order valence-corrected chi connectivity index (χ0v) is 17.7. The SMILES string of the molecule is CC1Cc2nn3c(c2CN1C(=O)Nc1ccc(F)c(C(F)(F)F)c1)C(=O)N(C)N(C)CC3. The first-order valence-corrected chi connectivity index (χ1v) is 9.99. The second-order valence-electron chi connectivity index (χ2n) is 8.01. The number of fused-ring (bicyclic) bond motifs is 3. The number of alkyl halides is 3. The van der Waals surface area contributed by atoms with Crippen LogP contribution in [0.2, 0.25) is 0 Å². The smallest absolute Gasteiger partial charge is 0.317 e. The standard InChI is InChI=1S/C20H22F4N6O2/c1-11-8-16-13(17-18(31)28(3)27(2)6-7-30(17)26-16)10-29(11)19(32)25-12-4-5-15(21)14(9-12)20(22,23)24/h4-5,9,11H,6-8,10H2,1-3H3,(H,25,32). The van der Waals surface area contributed by atoms with Crippen LogP contribution in [0, 0.1) is 5.82 Å². The predicted octanol–water partition coefficient (Wildman–Crippen LogP) is 2.95. The van der Waals surface area contributed by atoms with E-state index in [9.17, 15) is 27.2 Å². The summed E-state index contributed by atoms with van der Waals surface area (Å²) >= 11 is 0. The number of urea groups is 1. The summed E-state index contributed by atoms with van der Waals surface area (Å²) in [6.45, 7) is 2.96. The minimum absolute atomic E-state index is 0.0777. The number of likely N-dealkylation sites (N-methyl/N-ethyl adjacent to an activating group) is 1. The third-order valence-corrected chi connectivity index (χ3v) is 5.91. The Balaban J connectivity index is 1.60. The third-order valence-electron chi connectivity index (χ3n) is 5.91. The zero-order chi connectivity index (χ0) is 23.4. The highest BCUT2D eigenvalue weighted by atomic mass is 19.4. The van der Waals surface area contributed by atoms with E-state index in [2.05, 4.69) is 10.4 Å². The van der Waals surface area contributed by atoms with Gasteiger partial charge in [-0.1, -0.05) is 0 Å². The van der Waals surface area contributed by atoms with E-state index >= 15 is 0 Å². The maximum atomic E-state index is 13.5. The number of hydrogen-bond acceptors (Lipinski definition) is 4. The second kappa shape index (κ2) is 7.76. The predicted molar refractivity (Wildman–Crippen MR) is 106 cm³/mol. The molecule has 0 saturated carbocycles. The van der Waals surface area contributed by atoms with Crippen molar-refractivity contribution in [1.82, 2.24) is 24.7 Å². The molecule has 0 aliphatic carbocycles. The summed E-state index contributed by atoms with van der Waals surface area (Å²) in [4.78, 5) is 27.3. The number of rotatable bonds is 1. The Kier molecular flexibility index (Phi) is 5.35. The summed E-state index contributed by atoms with van der Waals surface area (Å²) in [5, 5.41) is 10.2. The molecule has 3 heterocycles. The van der Waals surface area contributed by atoms with Crippen molar-refractivity contribution in [3.8, 4) is 0 Å². The van der Waals surface area contributed by atoms with Gasteiger partial charge in [0.2, 0.25) is 0 Å². The Hall–Kier alpha value is -3.15. The van der Waals surface area contributed by atoms with Crippen molar-refractivity contribution in [2.45, 2.75) is 38.7 Å². The van der Waals surface area contributed by atoms with Crippen LogP contribution in [-0.4, -0.2) is 63.3 Å². The van der Waals surface area contributed by atoms with Crippen molar-refractivity contribution < 1.29 is 27.2 Å². The molecule has 1 aromatic carbocycles. The highest BCUT2D eigenvalue weighted by Crippen LogP contribution is 2.33. The lowest BCUT2D eigenvalue weighted by Crippen LogP contribution is -2.45. The summed E-state index contributed by atoms with van der Waals surface area (Å²) in [7, 11) is 3.44. The number of carbonyl (C=O) groups excluding carboxylic acids is 2. The molecular weight excluding hydrogens is 432 g/mol. The molecule has 1 N–H and O–H groups in total. The Morgan fingerprint density at radius 3 is 2.62 bits per heavy atom. The Bertz CT molecular complexity index is 1080. The lowest BCUT2D eigenvalue weighted by atomic mass is 9.99. The number of nitrogens with one attached hydrogen (secondary N) is 1. The Morgan fingerprint density at radius 2 is 1.94 bits per heavy atom. The molecule has 2 aliphatic rings. The maximum Gasteiger partial charge on any atom is 0.419 e. The van der Waals surface area contributed by atoms with Crippen LogP contribution in [-0.2, 0) is 25.7 Å². The monoisotopic (exact) mass is 454 g/mol. The van der Waals surface area contributed by atoms with Crippen LogP contribution in [0.1, 0.15) is 34.2 Å². The van der Waals surface area contributed by atoms with Crippen molar-refractivity contribution in [2.24, 2.45) is 0 Å². The summed E-state index contributed by atoms with van der Waals surface area (Å²) in [6, 6.07) is 1.35. The number of carbonyl (C=O) groups is 2. The van der Waals surface area contributed by atoms with Gasteiger partial charge in [-0.25, -0.2) is 14.2 Å². The molecule has 1 atom stereocenters. The van der Waals surface area contributed by atoms with Crippen LogP contribution < -0.4 is 5.32 Å². The molecule has 4 rings (SSSR count). The molecule has 0 radical (unpaired) electrons. The van der Waals surface area contributed by atoms with Gasteiger partial charge in [-0.15, -0.1) is 0 Å².